The van der Waals surface area contributed by atoms with Gasteiger partial charge in [-0.3, -0.25) is 19.4 Å². The van der Waals surface area contributed by atoms with E-state index in [1.807, 2.05) is 23.6 Å². The van der Waals surface area contributed by atoms with Crippen LogP contribution in [0.3, 0.4) is 0 Å². The topological polar surface area (TPSA) is 40.6 Å². The van der Waals surface area contributed by atoms with Crippen LogP contribution in [-0.2, 0) is 4.79 Å². The van der Waals surface area contributed by atoms with Crippen molar-refractivity contribution in [2.75, 3.05) is 19.8 Å². The fourth-order valence-electron chi connectivity index (χ4n) is 2.43. The van der Waals surface area contributed by atoms with Gasteiger partial charge in [-0.2, -0.15) is 0 Å². The zero-order valence-electron chi connectivity index (χ0n) is 11.1. The van der Waals surface area contributed by atoms with Crippen LogP contribution in [0.15, 0.2) is 22.4 Å². The van der Waals surface area contributed by atoms with E-state index in [-0.39, 0.29) is 11.1 Å². The minimum absolute atomic E-state index is 0.150. The molecule has 0 bridgehead atoms. The summed E-state index contributed by atoms with van der Waals surface area (Å²) in [5.41, 5.74) is 0. The average Bonchev–Trinajstić information content (AvgIpc) is 3.05. The van der Waals surface area contributed by atoms with Crippen molar-refractivity contribution in [3.8, 4) is 0 Å². The van der Waals surface area contributed by atoms with Crippen molar-refractivity contribution < 1.29 is 9.59 Å². The van der Waals surface area contributed by atoms with Gasteiger partial charge in [-0.25, -0.2) is 0 Å². The molecule has 2 saturated heterocycles. The third-order valence-corrected chi connectivity index (χ3v) is 5.21. The number of likely N-dealkylation sites (tertiary alicyclic amines) is 1. The highest BCUT2D eigenvalue weighted by Gasteiger charge is 2.36. The molecule has 6 heteroatoms. The SMILES string of the molecule is O=C1SC(=Cc2cccs2)C(=O)N1CN1CCCCC1. The van der Waals surface area contributed by atoms with Crippen LogP contribution >= 0.6 is 23.1 Å². The maximum atomic E-state index is 12.3. The van der Waals surface area contributed by atoms with E-state index in [0.717, 1.165) is 42.6 Å². The minimum Gasteiger partial charge on any atom is -0.286 e. The first-order valence-corrected chi connectivity index (χ1v) is 8.45. The van der Waals surface area contributed by atoms with E-state index >= 15 is 0 Å². The van der Waals surface area contributed by atoms with Gasteiger partial charge < -0.3 is 0 Å². The third-order valence-electron chi connectivity index (χ3n) is 3.48. The predicted molar refractivity (Wildman–Crippen MR) is 82.4 cm³/mol. The van der Waals surface area contributed by atoms with E-state index in [0.29, 0.717) is 11.6 Å². The first-order chi connectivity index (χ1) is 9.74. The Morgan fingerprint density at radius 2 is 2.00 bits per heavy atom. The number of carbonyl (C=O) groups excluding carboxylic acids is 2. The molecule has 3 heterocycles. The summed E-state index contributed by atoms with van der Waals surface area (Å²) in [6.07, 6.45) is 5.37. The molecule has 1 aromatic rings. The summed E-state index contributed by atoms with van der Waals surface area (Å²) < 4.78 is 0. The summed E-state index contributed by atoms with van der Waals surface area (Å²) >= 11 is 2.61. The first kappa shape index (κ1) is 13.9. The molecule has 106 valence electrons. The largest absolute Gasteiger partial charge is 0.294 e. The van der Waals surface area contributed by atoms with Crippen LogP contribution in [0.2, 0.25) is 0 Å². The lowest BCUT2D eigenvalue weighted by Gasteiger charge is -2.29. The lowest BCUT2D eigenvalue weighted by atomic mass is 10.1. The number of carbonyl (C=O) groups is 2. The number of thiophene rings is 1. The molecule has 3 rings (SSSR count). The number of hydrogen-bond acceptors (Lipinski definition) is 5. The number of rotatable bonds is 3. The lowest BCUT2D eigenvalue weighted by Crippen LogP contribution is -2.42. The van der Waals surface area contributed by atoms with Crippen molar-refractivity contribution in [1.29, 1.82) is 0 Å². The lowest BCUT2D eigenvalue weighted by molar-refractivity contribution is -0.124. The molecule has 0 radical (unpaired) electrons. The van der Waals surface area contributed by atoms with Gasteiger partial charge in [0.2, 0.25) is 0 Å². The quantitative estimate of drug-likeness (QED) is 0.804. The molecule has 20 heavy (non-hydrogen) atoms. The second-order valence-corrected chi connectivity index (χ2v) is 6.92. The summed E-state index contributed by atoms with van der Waals surface area (Å²) in [5, 5.41) is 1.81. The Labute approximate surface area is 126 Å². The Hall–Kier alpha value is -1.11. The monoisotopic (exact) mass is 308 g/mol. The van der Waals surface area contributed by atoms with Gasteiger partial charge in [0.15, 0.2) is 0 Å². The molecule has 1 aromatic heterocycles. The van der Waals surface area contributed by atoms with Gasteiger partial charge in [-0.15, -0.1) is 11.3 Å². The molecule has 0 atom stereocenters. The minimum atomic E-state index is -0.154. The van der Waals surface area contributed by atoms with Gasteiger partial charge >= 0.3 is 0 Å². The predicted octanol–water partition coefficient (Wildman–Crippen LogP) is 3.23. The molecule has 2 fully saturated rings. The van der Waals surface area contributed by atoms with Crippen LogP contribution < -0.4 is 0 Å². The molecule has 2 amide bonds. The molecule has 0 unspecified atom stereocenters. The van der Waals surface area contributed by atoms with E-state index in [9.17, 15) is 9.59 Å². The average molecular weight is 308 g/mol. The molecule has 0 saturated carbocycles. The van der Waals surface area contributed by atoms with Crippen LogP contribution in [0.25, 0.3) is 6.08 Å². The molecule has 0 aliphatic carbocycles. The molecular weight excluding hydrogens is 292 g/mol. The highest BCUT2D eigenvalue weighted by molar-refractivity contribution is 8.18. The first-order valence-electron chi connectivity index (χ1n) is 6.75. The molecule has 0 N–H and O–H groups in total. The fraction of sp³-hybridized carbons (Fsp3) is 0.429. The van der Waals surface area contributed by atoms with Crippen molar-refractivity contribution in [3.63, 3.8) is 0 Å². The van der Waals surface area contributed by atoms with Crippen LogP contribution in [0.1, 0.15) is 24.1 Å². The maximum Gasteiger partial charge on any atom is 0.294 e. The van der Waals surface area contributed by atoms with Gasteiger partial charge in [-0.1, -0.05) is 12.5 Å². The fourth-order valence-corrected chi connectivity index (χ4v) is 3.98. The van der Waals surface area contributed by atoms with Gasteiger partial charge in [0, 0.05) is 4.88 Å². The normalized spacial score (nSPS) is 23.0. The number of piperidine rings is 1. The Kier molecular flexibility index (Phi) is 4.24. The Bertz CT molecular complexity index is 533. The molecule has 2 aliphatic heterocycles. The highest BCUT2D eigenvalue weighted by Crippen LogP contribution is 2.33. The summed E-state index contributed by atoms with van der Waals surface area (Å²) in [4.78, 5) is 29.4. The molecular formula is C14H16N2O2S2. The van der Waals surface area contributed by atoms with Gasteiger partial charge in [0.05, 0.1) is 11.6 Å². The standard InChI is InChI=1S/C14H16N2O2S2/c17-13-12(9-11-5-4-8-19-11)20-14(18)16(13)10-15-6-2-1-3-7-15/h4-5,8-9H,1-3,6-7,10H2. The van der Waals surface area contributed by atoms with Crippen LogP contribution in [-0.4, -0.2) is 40.7 Å². The zero-order valence-corrected chi connectivity index (χ0v) is 12.7. The van der Waals surface area contributed by atoms with Gasteiger partial charge in [0.25, 0.3) is 11.1 Å². The Morgan fingerprint density at radius 3 is 2.70 bits per heavy atom. The highest BCUT2D eigenvalue weighted by atomic mass is 32.2. The summed E-state index contributed by atoms with van der Waals surface area (Å²) in [7, 11) is 0. The van der Waals surface area contributed by atoms with Crippen LogP contribution in [0, 0.1) is 0 Å². The van der Waals surface area contributed by atoms with E-state index in [4.69, 9.17) is 0 Å². The van der Waals surface area contributed by atoms with Crippen molar-refractivity contribution >= 4 is 40.3 Å². The van der Waals surface area contributed by atoms with Gasteiger partial charge in [0.1, 0.15) is 0 Å². The second-order valence-electron chi connectivity index (χ2n) is 4.95. The maximum absolute atomic E-state index is 12.3. The second kappa shape index (κ2) is 6.11. The number of imide groups is 1. The number of nitrogens with zero attached hydrogens (tertiary/aromatic N) is 2. The molecule has 2 aliphatic rings. The summed E-state index contributed by atoms with van der Waals surface area (Å²) in [6.45, 7) is 2.39. The number of hydrogen-bond donors (Lipinski definition) is 0. The third kappa shape index (κ3) is 2.97. The van der Waals surface area contributed by atoms with Crippen LogP contribution in [0.4, 0.5) is 4.79 Å². The van der Waals surface area contributed by atoms with Crippen LogP contribution in [0.5, 0.6) is 0 Å². The smallest absolute Gasteiger partial charge is 0.286 e. The summed E-state index contributed by atoms with van der Waals surface area (Å²) in [5.74, 6) is -0.154. The van der Waals surface area contributed by atoms with E-state index < -0.39 is 0 Å². The Morgan fingerprint density at radius 1 is 1.20 bits per heavy atom. The molecule has 0 aromatic carbocycles. The number of thioether (sulfide) groups is 1. The van der Waals surface area contributed by atoms with E-state index in [2.05, 4.69) is 4.90 Å². The van der Waals surface area contributed by atoms with Crippen molar-refractivity contribution in [2.24, 2.45) is 0 Å². The number of amides is 2. The zero-order chi connectivity index (χ0) is 13.9. The summed E-state index contributed by atoms with van der Waals surface area (Å²) in [6, 6.07) is 3.89. The van der Waals surface area contributed by atoms with E-state index in [1.54, 1.807) is 11.3 Å². The molecule has 4 nitrogen and oxygen atoms in total. The van der Waals surface area contributed by atoms with Crippen molar-refractivity contribution in [2.45, 2.75) is 19.3 Å². The van der Waals surface area contributed by atoms with E-state index in [1.165, 1.54) is 11.3 Å². The van der Waals surface area contributed by atoms with Crippen molar-refractivity contribution in [1.82, 2.24) is 9.80 Å². The molecule has 0 spiro atoms. The van der Waals surface area contributed by atoms with Crippen molar-refractivity contribution in [3.05, 3.63) is 27.3 Å². The van der Waals surface area contributed by atoms with Gasteiger partial charge in [-0.05, 0) is 55.2 Å². The Balaban J connectivity index is 1.70.